The zero-order chi connectivity index (χ0) is 12.8. The highest BCUT2D eigenvalue weighted by Gasteiger charge is 2.03. The zero-order valence-corrected chi connectivity index (χ0v) is 9.67. The van der Waals surface area contributed by atoms with E-state index < -0.39 is 6.09 Å². The average molecular weight is 243 g/mol. The molecule has 2 rings (SSSR count). The minimum Gasteiger partial charge on any atom is -0.508 e. The van der Waals surface area contributed by atoms with Crippen molar-refractivity contribution < 1.29 is 14.6 Å². The van der Waals surface area contributed by atoms with E-state index in [2.05, 4.69) is 5.32 Å². The second kappa shape index (κ2) is 5.72. The zero-order valence-electron chi connectivity index (χ0n) is 9.67. The monoisotopic (exact) mass is 243 g/mol. The maximum atomic E-state index is 11.5. The van der Waals surface area contributed by atoms with Crippen LogP contribution in [0.1, 0.15) is 5.56 Å². The Morgan fingerprint density at radius 2 is 1.89 bits per heavy atom. The lowest BCUT2D eigenvalue weighted by Gasteiger charge is -2.07. The van der Waals surface area contributed by atoms with E-state index in [1.807, 2.05) is 30.3 Å². The molecule has 0 aliphatic rings. The van der Waals surface area contributed by atoms with Crippen LogP contribution in [0.4, 0.5) is 10.5 Å². The smallest absolute Gasteiger partial charge is 0.411 e. The van der Waals surface area contributed by atoms with Crippen LogP contribution in [0.15, 0.2) is 54.6 Å². The van der Waals surface area contributed by atoms with Crippen molar-refractivity contribution in [1.82, 2.24) is 0 Å². The maximum absolute atomic E-state index is 11.5. The van der Waals surface area contributed by atoms with Crippen LogP contribution in [-0.2, 0) is 11.3 Å². The number of benzene rings is 2. The van der Waals surface area contributed by atoms with Gasteiger partial charge in [-0.2, -0.15) is 0 Å². The van der Waals surface area contributed by atoms with Gasteiger partial charge in [0, 0.05) is 11.8 Å². The van der Waals surface area contributed by atoms with Gasteiger partial charge in [-0.05, 0) is 17.7 Å². The predicted molar refractivity (Wildman–Crippen MR) is 68.4 cm³/mol. The van der Waals surface area contributed by atoms with Gasteiger partial charge in [0.05, 0.1) is 0 Å². The van der Waals surface area contributed by atoms with Crippen LogP contribution in [0.5, 0.6) is 5.75 Å². The second-order valence-electron chi connectivity index (χ2n) is 3.74. The highest BCUT2D eigenvalue weighted by molar-refractivity contribution is 5.84. The Kier molecular flexibility index (Phi) is 3.81. The van der Waals surface area contributed by atoms with Crippen LogP contribution < -0.4 is 5.32 Å². The van der Waals surface area contributed by atoms with Crippen molar-refractivity contribution in [2.24, 2.45) is 0 Å². The van der Waals surface area contributed by atoms with E-state index >= 15 is 0 Å². The van der Waals surface area contributed by atoms with E-state index in [1.54, 1.807) is 12.1 Å². The van der Waals surface area contributed by atoms with Crippen molar-refractivity contribution in [3.63, 3.8) is 0 Å². The molecule has 2 N–H and O–H groups in total. The molecule has 1 amide bonds. The number of nitrogens with one attached hydrogen (secondary N) is 1. The molecule has 0 radical (unpaired) electrons. The molecule has 4 heteroatoms. The summed E-state index contributed by atoms with van der Waals surface area (Å²) < 4.78 is 5.04. The van der Waals surface area contributed by atoms with Gasteiger partial charge in [0.25, 0.3) is 0 Å². The van der Waals surface area contributed by atoms with Crippen molar-refractivity contribution in [1.29, 1.82) is 0 Å². The lowest BCUT2D eigenvalue weighted by molar-refractivity contribution is 0.155. The number of ether oxygens (including phenoxy) is 1. The SMILES string of the molecule is O=C(Nc1cccc(O)c1)OCc1ccccc1. The first-order valence-electron chi connectivity index (χ1n) is 5.51. The molecule has 0 atom stereocenters. The van der Waals surface area contributed by atoms with E-state index in [0.717, 1.165) is 5.56 Å². The van der Waals surface area contributed by atoms with E-state index in [1.165, 1.54) is 12.1 Å². The molecule has 4 nitrogen and oxygen atoms in total. The summed E-state index contributed by atoms with van der Waals surface area (Å²) in [6.45, 7) is 0.214. The van der Waals surface area contributed by atoms with Gasteiger partial charge in [-0.1, -0.05) is 36.4 Å². The van der Waals surface area contributed by atoms with Crippen molar-refractivity contribution >= 4 is 11.8 Å². The minimum absolute atomic E-state index is 0.0934. The molecule has 0 spiro atoms. The molecule has 0 heterocycles. The van der Waals surface area contributed by atoms with E-state index in [-0.39, 0.29) is 12.4 Å². The first-order valence-corrected chi connectivity index (χ1v) is 5.51. The molecular formula is C14H13NO3. The molecule has 0 aromatic heterocycles. The standard InChI is InChI=1S/C14H13NO3/c16-13-8-4-7-12(9-13)15-14(17)18-10-11-5-2-1-3-6-11/h1-9,16H,10H2,(H,15,17). The van der Waals surface area contributed by atoms with Crippen LogP contribution in [0, 0.1) is 0 Å². The van der Waals surface area contributed by atoms with Crippen LogP contribution in [-0.4, -0.2) is 11.2 Å². The summed E-state index contributed by atoms with van der Waals surface area (Å²) in [6.07, 6.45) is -0.551. The minimum atomic E-state index is -0.551. The van der Waals surface area contributed by atoms with Gasteiger partial charge in [-0.3, -0.25) is 5.32 Å². The first kappa shape index (κ1) is 12.0. The Hall–Kier alpha value is -2.49. The third-order valence-electron chi connectivity index (χ3n) is 2.31. The Bertz CT molecular complexity index is 526. The van der Waals surface area contributed by atoms with Crippen LogP contribution in [0.3, 0.4) is 0 Å². The van der Waals surface area contributed by atoms with Crippen molar-refractivity contribution in [2.45, 2.75) is 6.61 Å². The number of anilines is 1. The number of aromatic hydroxyl groups is 1. The Morgan fingerprint density at radius 1 is 1.11 bits per heavy atom. The molecule has 0 aliphatic heterocycles. The van der Waals surface area contributed by atoms with E-state index in [4.69, 9.17) is 4.74 Å². The fraction of sp³-hybridized carbons (Fsp3) is 0.0714. The summed E-state index contributed by atoms with van der Waals surface area (Å²) in [5.74, 6) is 0.0934. The number of hydrogen-bond acceptors (Lipinski definition) is 3. The number of phenolic OH excluding ortho intramolecular Hbond substituents is 1. The molecule has 18 heavy (non-hydrogen) atoms. The number of carbonyl (C=O) groups is 1. The number of phenols is 1. The molecule has 2 aromatic rings. The largest absolute Gasteiger partial charge is 0.508 e. The topological polar surface area (TPSA) is 58.6 Å². The third kappa shape index (κ3) is 3.52. The summed E-state index contributed by atoms with van der Waals surface area (Å²) in [4.78, 5) is 11.5. The normalized spacial score (nSPS) is 9.78. The average Bonchev–Trinajstić information content (AvgIpc) is 2.38. The van der Waals surface area contributed by atoms with E-state index in [9.17, 15) is 9.90 Å². The van der Waals surface area contributed by atoms with Gasteiger partial charge in [0.2, 0.25) is 0 Å². The van der Waals surface area contributed by atoms with Gasteiger partial charge in [-0.15, -0.1) is 0 Å². The van der Waals surface area contributed by atoms with Gasteiger partial charge in [-0.25, -0.2) is 4.79 Å². The third-order valence-corrected chi connectivity index (χ3v) is 2.31. The van der Waals surface area contributed by atoms with Crippen LogP contribution in [0.25, 0.3) is 0 Å². The molecule has 2 aromatic carbocycles. The predicted octanol–water partition coefficient (Wildman–Crippen LogP) is 3.14. The molecule has 0 saturated heterocycles. The van der Waals surface area contributed by atoms with Crippen LogP contribution in [0.2, 0.25) is 0 Å². The van der Waals surface area contributed by atoms with Gasteiger partial charge < -0.3 is 9.84 Å². The van der Waals surface area contributed by atoms with Crippen molar-refractivity contribution in [3.8, 4) is 5.75 Å². The van der Waals surface area contributed by atoms with Crippen molar-refractivity contribution in [2.75, 3.05) is 5.32 Å². The van der Waals surface area contributed by atoms with Crippen LogP contribution >= 0.6 is 0 Å². The highest BCUT2D eigenvalue weighted by atomic mass is 16.5. The van der Waals surface area contributed by atoms with Crippen molar-refractivity contribution in [3.05, 3.63) is 60.2 Å². The second-order valence-corrected chi connectivity index (χ2v) is 3.74. The summed E-state index contributed by atoms with van der Waals surface area (Å²) >= 11 is 0. The van der Waals surface area contributed by atoms with Gasteiger partial charge >= 0.3 is 6.09 Å². The number of carbonyl (C=O) groups excluding carboxylic acids is 1. The number of amides is 1. The van der Waals surface area contributed by atoms with Gasteiger partial charge in [0.15, 0.2) is 0 Å². The van der Waals surface area contributed by atoms with E-state index in [0.29, 0.717) is 5.69 Å². The quantitative estimate of drug-likeness (QED) is 0.870. The molecular weight excluding hydrogens is 230 g/mol. The fourth-order valence-corrected chi connectivity index (χ4v) is 1.46. The molecule has 0 fully saturated rings. The molecule has 0 aliphatic carbocycles. The molecule has 0 unspecified atom stereocenters. The Morgan fingerprint density at radius 3 is 2.61 bits per heavy atom. The summed E-state index contributed by atoms with van der Waals surface area (Å²) in [5.41, 5.74) is 1.41. The molecule has 0 saturated carbocycles. The van der Waals surface area contributed by atoms with Gasteiger partial charge in [0.1, 0.15) is 12.4 Å². The number of hydrogen-bond donors (Lipinski definition) is 2. The summed E-state index contributed by atoms with van der Waals surface area (Å²) in [5, 5.41) is 11.8. The maximum Gasteiger partial charge on any atom is 0.411 e. The lowest BCUT2D eigenvalue weighted by atomic mass is 10.2. The number of rotatable bonds is 3. The fourth-order valence-electron chi connectivity index (χ4n) is 1.46. The highest BCUT2D eigenvalue weighted by Crippen LogP contribution is 2.15. The summed E-state index contributed by atoms with van der Waals surface area (Å²) in [6, 6.07) is 15.7. The molecule has 0 bridgehead atoms. The first-order chi connectivity index (χ1) is 8.74. The summed E-state index contributed by atoms with van der Waals surface area (Å²) in [7, 11) is 0. The lowest BCUT2D eigenvalue weighted by Crippen LogP contribution is -2.13. The molecule has 92 valence electrons. The Balaban J connectivity index is 1.86. The Labute approximate surface area is 105 Å².